The van der Waals surface area contributed by atoms with Gasteiger partial charge in [-0.2, -0.15) is 0 Å². The van der Waals surface area contributed by atoms with Gasteiger partial charge < -0.3 is 9.13 Å². The van der Waals surface area contributed by atoms with E-state index in [-0.39, 0.29) is 0 Å². The maximum Gasteiger partial charge on any atom is 0.0701 e. The van der Waals surface area contributed by atoms with Gasteiger partial charge in [-0.3, -0.25) is 9.97 Å². The van der Waals surface area contributed by atoms with Crippen molar-refractivity contribution in [2.24, 2.45) is 0 Å². The number of hydrogen-bond acceptors (Lipinski definition) is 2. The molecule has 0 fully saturated rings. The van der Waals surface area contributed by atoms with Gasteiger partial charge in [0.2, 0.25) is 0 Å². The normalized spacial score (nSPS) is 13.2. The molecule has 0 amide bonds. The molecule has 0 aliphatic heterocycles. The van der Waals surface area contributed by atoms with Crippen LogP contribution in [0.25, 0.3) is 101 Å². The highest BCUT2D eigenvalue weighted by Gasteiger charge is 2.27. The fourth-order valence-electron chi connectivity index (χ4n) is 10.5. The summed E-state index contributed by atoms with van der Waals surface area (Å²) < 4.78 is 5.01. The van der Waals surface area contributed by atoms with E-state index < -0.39 is 0 Å². The SMILES string of the molecule is C1=C(c2ccc(-c3ccccn3)cc2)CCc2c1c1cc3c(cc1n2-c1ccccc1)-c1cc2c(cc1CC3)c1cc(-c3ccc(-c4ccccn4)cc3)ccc1n2-c1ccccc1. The van der Waals surface area contributed by atoms with Crippen LogP contribution in [0.2, 0.25) is 0 Å². The molecule has 0 saturated carbocycles. The van der Waals surface area contributed by atoms with Crippen molar-refractivity contribution in [3.05, 3.63) is 228 Å². The number of benzene rings is 7. The molecule has 302 valence electrons. The minimum Gasteiger partial charge on any atom is -0.313 e. The van der Waals surface area contributed by atoms with Crippen molar-refractivity contribution in [2.75, 3.05) is 0 Å². The third-order valence-electron chi connectivity index (χ3n) is 13.7. The van der Waals surface area contributed by atoms with Crippen LogP contribution >= 0.6 is 0 Å². The average Bonchev–Trinajstić information content (AvgIpc) is 3.87. The first-order valence-corrected chi connectivity index (χ1v) is 22.4. The van der Waals surface area contributed by atoms with Crippen molar-refractivity contribution in [1.29, 1.82) is 0 Å². The Morgan fingerprint density at radius 3 is 1.48 bits per heavy atom. The Balaban J connectivity index is 0.962. The van der Waals surface area contributed by atoms with Gasteiger partial charge in [-0.25, -0.2) is 0 Å². The molecular formula is C60H42N4. The highest BCUT2D eigenvalue weighted by atomic mass is 15.0. The number of pyridine rings is 2. The summed E-state index contributed by atoms with van der Waals surface area (Å²) in [5.41, 5.74) is 23.7. The fourth-order valence-corrected chi connectivity index (χ4v) is 10.5. The molecule has 2 aliphatic rings. The zero-order valence-electron chi connectivity index (χ0n) is 35.2. The molecule has 0 radical (unpaired) electrons. The summed E-state index contributed by atoms with van der Waals surface area (Å²) in [6, 6.07) is 68.8. The molecule has 7 aromatic carbocycles. The van der Waals surface area contributed by atoms with Crippen molar-refractivity contribution < 1.29 is 0 Å². The lowest BCUT2D eigenvalue weighted by Gasteiger charge is -2.22. The molecule has 0 atom stereocenters. The van der Waals surface area contributed by atoms with E-state index >= 15 is 0 Å². The van der Waals surface area contributed by atoms with Gasteiger partial charge in [-0.05, 0) is 161 Å². The number of rotatable bonds is 6. The number of fused-ring (bicyclic) bond motifs is 9. The molecule has 0 N–H and O–H groups in total. The van der Waals surface area contributed by atoms with Crippen LogP contribution in [0.15, 0.2) is 200 Å². The van der Waals surface area contributed by atoms with Gasteiger partial charge in [0.15, 0.2) is 0 Å². The Hall–Kier alpha value is -8.08. The highest BCUT2D eigenvalue weighted by Crippen LogP contribution is 2.46. The van der Waals surface area contributed by atoms with Crippen LogP contribution in [0, 0.1) is 0 Å². The van der Waals surface area contributed by atoms with E-state index in [1.54, 1.807) is 0 Å². The molecule has 4 heteroatoms. The second kappa shape index (κ2) is 14.8. The van der Waals surface area contributed by atoms with E-state index in [4.69, 9.17) is 0 Å². The fraction of sp³-hybridized carbons (Fsp3) is 0.0667. The summed E-state index contributed by atoms with van der Waals surface area (Å²) >= 11 is 0. The summed E-state index contributed by atoms with van der Waals surface area (Å²) in [4.78, 5) is 9.15. The van der Waals surface area contributed by atoms with Crippen LogP contribution in [0.4, 0.5) is 0 Å². The molecule has 11 aromatic rings. The Kier molecular flexibility index (Phi) is 8.45. The van der Waals surface area contributed by atoms with E-state index in [9.17, 15) is 0 Å². The summed E-state index contributed by atoms with van der Waals surface area (Å²) in [6.45, 7) is 0. The third kappa shape index (κ3) is 5.98. The average molecular weight is 819 g/mol. The van der Waals surface area contributed by atoms with Crippen LogP contribution in [-0.4, -0.2) is 19.1 Å². The highest BCUT2D eigenvalue weighted by molar-refractivity contribution is 6.12. The van der Waals surface area contributed by atoms with E-state index in [2.05, 4.69) is 189 Å². The first kappa shape index (κ1) is 36.6. The summed E-state index contributed by atoms with van der Waals surface area (Å²) in [5.74, 6) is 0. The Bertz CT molecular complexity index is 3600. The third-order valence-corrected chi connectivity index (χ3v) is 13.7. The molecule has 64 heavy (non-hydrogen) atoms. The Labute approximate surface area is 372 Å². The molecule has 2 aliphatic carbocycles. The minimum atomic E-state index is 0.974. The monoisotopic (exact) mass is 818 g/mol. The van der Waals surface area contributed by atoms with Crippen LogP contribution in [0.3, 0.4) is 0 Å². The van der Waals surface area contributed by atoms with Gasteiger partial charge in [0, 0.05) is 62.3 Å². The van der Waals surface area contributed by atoms with Gasteiger partial charge in [0.05, 0.1) is 27.9 Å². The summed E-state index contributed by atoms with van der Waals surface area (Å²) in [5, 5.41) is 3.90. The summed E-state index contributed by atoms with van der Waals surface area (Å²) in [7, 11) is 0. The molecule has 4 aromatic heterocycles. The van der Waals surface area contributed by atoms with Crippen LogP contribution < -0.4 is 0 Å². The van der Waals surface area contributed by atoms with Crippen molar-refractivity contribution in [1.82, 2.24) is 19.1 Å². The van der Waals surface area contributed by atoms with E-state index in [1.165, 1.54) is 99.9 Å². The quantitative estimate of drug-likeness (QED) is 0.168. The first-order chi connectivity index (χ1) is 31.7. The van der Waals surface area contributed by atoms with Gasteiger partial charge in [0.25, 0.3) is 0 Å². The standard InChI is InChI=1S/C60H42N4/c1-3-11-47(12-4-1)63-57-29-27-43(39-17-21-41(22-18-39)55-15-7-9-31-61-55)33-51(57)53-35-45-25-26-46-36-54-52-34-44(40-19-23-42(24-20-40)56-16-8-10-32-62-56)28-30-58(52)64(48-13-5-2-6-14-48)60(54)38-50(46)49(45)37-59(53)63/h1-24,27,29,31-38H,25-26,28,30H2. The second-order valence-corrected chi connectivity index (χ2v) is 17.2. The number of aromatic nitrogens is 4. The number of hydrogen-bond donors (Lipinski definition) is 0. The van der Waals surface area contributed by atoms with Gasteiger partial charge in [0.1, 0.15) is 0 Å². The smallest absolute Gasteiger partial charge is 0.0701 e. The number of allylic oxidation sites excluding steroid dienone is 1. The number of para-hydroxylation sites is 2. The maximum absolute atomic E-state index is 4.58. The van der Waals surface area contributed by atoms with E-state index in [1.807, 2.05) is 36.7 Å². The minimum absolute atomic E-state index is 0.974. The van der Waals surface area contributed by atoms with Crippen molar-refractivity contribution >= 4 is 44.4 Å². The lowest BCUT2D eigenvalue weighted by molar-refractivity contribution is 0.897. The zero-order chi connectivity index (χ0) is 42.1. The second-order valence-electron chi connectivity index (χ2n) is 17.2. The topological polar surface area (TPSA) is 35.6 Å². The number of nitrogens with zero attached hydrogens (tertiary/aromatic N) is 4. The molecule has 0 bridgehead atoms. The predicted octanol–water partition coefficient (Wildman–Crippen LogP) is 14.8. The first-order valence-electron chi connectivity index (χ1n) is 22.4. The molecule has 0 saturated heterocycles. The van der Waals surface area contributed by atoms with E-state index in [0.717, 1.165) is 48.2 Å². The largest absolute Gasteiger partial charge is 0.313 e. The molecule has 4 heterocycles. The van der Waals surface area contributed by atoms with Crippen LogP contribution in [0.5, 0.6) is 0 Å². The van der Waals surface area contributed by atoms with Crippen LogP contribution in [-0.2, 0) is 19.3 Å². The predicted molar refractivity (Wildman–Crippen MR) is 265 cm³/mol. The van der Waals surface area contributed by atoms with Crippen molar-refractivity contribution in [3.63, 3.8) is 0 Å². The number of aryl methyl sites for hydroxylation is 2. The lowest BCUT2D eigenvalue weighted by atomic mass is 9.83. The Morgan fingerprint density at radius 1 is 0.359 bits per heavy atom. The Morgan fingerprint density at radius 2 is 0.875 bits per heavy atom. The van der Waals surface area contributed by atoms with Crippen molar-refractivity contribution in [3.8, 4) is 56.1 Å². The molecule has 0 unspecified atom stereocenters. The molecule has 4 nitrogen and oxygen atoms in total. The molecular weight excluding hydrogens is 777 g/mol. The van der Waals surface area contributed by atoms with E-state index in [0.29, 0.717) is 0 Å². The van der Waals surface area contributed by atoms with Gasteiger partial charge >= 0.3 is 0 Å². The molecule has 13 rings (SSSR count). The van der Waals surface area contributed by atoms with Gasteiger partial charge in [-0.1, -0.05) is 103 Å². The van der Waals surface area contributed by atoms with Crippen molar-refractivity contribution in [2.45, 2.75) is 25.7 Å². The van der Waals surface area contributed by atoms with Crippen LogP contribution in [0.1, 0.15) is 34.4 Å². The molecule has 0 spiro atoms. The maximum atomic E-state index is 4.58. The summed E-state index contributed by atoms with van der Waals surface area (Å²) in [6.07, 6.45) is 10.2. The zero-order valence-corrected chi connectivity index (χ0v) is 35.2. The van der Waals surface area contributed by atoms with Gasteiger partial charge in [-0.15, -0.1) is 0 Å². The lowest BCUT2D eigenvalue weighted by Crippen LogP contribution is -2.06.